The Morgan fingerprint density at radius 2 is 1.06 bits per heavy atom. The van der Waals surface area contributed by atoms with Gasteiger partial charge >= 0.3 is 209 Å². The molecule has 1 N–H and O–H groups in total. The summed E-state index contributed by atoms with van der Waals surface area (Å²) in [4.78, 5) is 34.0. The van der Waals surface area contributed by atoms with Gasteiger partial charge in [-0.3, -0.25) is 0 Å². The Kier molecular flexibility index (Phi) is 134. The molecular formula is CHBaCaCeFLaO8PSr+5. The molecule has 0 spiro atoms. The van der Waals surface area contributed by atoms with Crippen LogP contribution in [0.25, 0.3) is 0 Å². The van der Waals surface area contributed by atoms with Gasteiger partial charge in [0.15, 0.2) is 0 Å². The summed E-state index contributed by atoms with van der Waals surface area (Å²) in [5, 5.41) is 16.7. The van der Waals surface area contributed by atoms with Crippen LogP contribution in [0.4, 0.5) is 4.79 Å². The van der Waals surface area contributed by atoms with Gasteiger partial charge in [0.1, 0.15) is 0 Å². The fourth-order valence-electron chi connectivity index (χ4n) is 0. The maximum Gasteiger partial charge on any atom is 3.00 e. The molecule has 0 saturated carbocycles. The van der Waals surface area contributed by atoms with Crippen molar-refractivity contribution in [1.82, 2.24) is 0 Å². The van der Waals surface area contributed by atoms with Crippen molar-refractivity contribution in [2.75, 3.05) is 0 Å². The molecule has 0 aromatic rings. The molecule has 0 aliphatic rings. The minimum atomic E-state index is -5.39. The van der Waals surface area contributed by atoms with Crippen molar-refractivity contribution in [3.8, 4) is 0 Å². The number of phosphoric acid groups is 1. The van der Waals surface area contributed by atoms with Crippen LogP contribution in [0.1, 0.15) is 0 Å². The maximum atomic E-state index is 8.55. The first-order chi connectivity index (χ1) is 3.73. The van der Waals surface area contributed by atoms with Crippen molar-refractivity contribution in [1.29, 1.82) is 0 Å². The zero-order chi connectivity index (χ0) is 8.08. The number of carbonyl (C=O) groups excluding carboxylic acids is 1. The first-order valence-electron chi connectivity index (χ1n) is 1.34. The largest absolute Gasteiger partial charge is 3.00 e. The Morgan fingerprint density at radius 3 is 1.06 bits per heavy atom. The Balaban J connectivity index is -0.00000000614. The second-order valence-electron chi connectivity index (χ2n) is 0.697. The van der Waals surface area contributed by atoms with Gasteiger partial charge in [0.2, 0.25) is 0 Å². The monoisotopic (exact) mass is 736 g/mol. The van der Waals surface area contributed by atoms with E-state index in [1.54, 1.807) is 0 Å². The molecule has 0 bridgehead atoms. The van der Waals surface area contributed by atoms with E-state index in [1.165, 1.54) is 0 Å². The molecule has 73 valence electrons. The number of hydrogen-bond donors (Lipinski definition) is 0. The third kappa shape index (κ3) is 195. The number of carbonyl (C=O) groups is 1. The molecule has 0 aromatic carbocycles. The number of rotatable bonds is 0. The van der Waals surface area contributed by atoms with Crippen LogP contribution in [0.3, 0.4) is 0 Å². The van der Waals surface area contributed by atoms with E-state index in [2.05, 4.69) is 0 Å². The zero-order valence-corrected chi connectivity index (χ0v) is 25.6. The van der Waals surface area contributed by atoms with Gasteiger partial charge in [0, 0.05) is 0 Å². The number of carboxylic acid groups (broad SMARTS) is 2. The predicted molar refractivity (Wildman–Crippen MR) is 32.2 cm³/mol. The average molecular weight is 735 g/mol. The number of halogens is 1. The Bertz CT molecular complexity index is 140. The molecule has 0 unspecified atom stereocenters. The molecular weight excluding hydrogens is 734 g/mol. The zero-order valence-electron chi connectivity index (χ0n) is 7.83. The van der Waals surface area contributed by atoms with E-state index in [1.807, 2.05) is 0 Å². The molecule has 0 heterocycles. The van der Waals surface area contributed by atoms with Crippen molar-refractivity contribution < 1.29 is 122 Å². The molecule has 0 amide bonds. The molecule has 0 aromatic heterocycles. The van der Waals surface area contributed by atoms with Gasteiger partial charge in [-0.2, -0.15) is 7.82 Å². The average Bonchev–Trinajstić information content (AvgIpc) is 1.19. The van der Waals surface area contributed by atoms with E-state index in [0.29, 0.717) is 0 Å². The van der Waals surface area contributed by atoms with Gasteiger partial charge in [-0.05, 0) is 6.16 Å². The summed E-state index contributed by atoms with van der Waals surface area (Å²) in [7, 11) is -5.39. The van der Waals surface area contributed by atoms with Crippen LogP contribution in [-0.4, -0.2) is 144 Å². The van der Waals surface area contributed by atoms with E-state index in [9.17, 15) is 0 Å². The van der Waals surface area contributed by atoms with Crippen molar-refractivity contribution in [3.63, 3.8) is 0 Å². The van der Waals surface area contributed by atoms with Crippen LogP contribution in [0, 0.1) is 77.3 Å². The van der Waals surface area contributed by atoms with Gasteiger partial charge in [-0.1, -0.05) is 0 Å². The maximum absolute atomic E-state index is 8.55. The fourth-order valence-corrected chi connectivity index (χ4v) is 0. The van der Waals surface area contributed by atoms with Crippen LogP contribution in [-0.2, 0) is 4.57 Å². The molecule has 0 rings (SSSR count). The van der Waals surface area contributed by atoms with Gasteiger partial charge in [0.05, 0.1) is 0 Å². The third-order valence-corrected chi connectivity index (χ3v) is 0. The molecule has 0 aliphatic heterocycles. The van der Waals surface area contributed by atoms with E-state index >= 15 is 0 Å². The summed E-state index contributed by atoms with van der Waals surface area (Å²) in [6, 6.07) is 0. The molecule has 0 fully saturated rings. The van der Waals surface area contributed by atoms with Crippen LogP contribution >= 0.6 is 7.82 Å². The van der Waals surface area contributed by atoms with Crippen molar-refractivity contribution in [2.45, 2.75) is 0 Å². The van der Waals surface area contributed by atoms with Gasteiger partial charge in [-0.25, -0.2) is 0 Å². The van der Waals surface area contributed by atoms with E-state index in [-0.39, 0.29) is 220 Å². The molecule has 15 heteroatoms. The van der Waals surface area contributed by atoms with Crippen molar-refractivity contribution in [2.24, 2.45) is 0 Å². The minimum absolute atomic E-state index is 0. The Labute approximate surface area is 260 Å². The third-order valence-electron chi connectivity index (χ3n) is 0. The van der Waals surface area contributed by atoms with Gasteiger partial charge < -0.3 is 44.4 Å². The topological polar surface area (TPSA) is 179 Å². The van der Waals surface area contributed by atoms with Gasteiger partial charge in [0.25, 0.3) is 0 Å². The van der Waals surface area contributed by atoms with Crippen molar-refractivity contribution >= 4 is 146 Å². The molecule has 8 nitrogen and oxygen atoms in total. The Hall–Kier alpha value is 6.15. The first kappa shape index (κ1) is 57.3. The second kappa shape index (κ2) is 37.4. The van der Waals surface area contributed by atoms with E-state index in [0.717, 1.165) is 0 Å². The summed E-state index contributed by atoms with van der Waals surface area (Å²) in [6.45, 7) is 0. The van der Waals surface area contributed by atoms with Crippen LogP contribution in [0.15, 0.2) is 0 Å². The molecule has 16 heavy (non-hydrogen) atoms. The van der Waals surface area contributed by atoms with Crippen LogP contribution in [0.5, 0.6) is 0 Å². The SMILES string of the molecule is O=C([O-])[O-].O=P([O-])([O-])[O-].[Ba+2].[Ca+2].[Ce+3].[F-].[La+3].[OH-].[Sr+2]. The fraction of sp³-hybridized carbons (Fsp3) is 0. The molecule has 0 aliphatic carbocycles. The minimum Gasteiger partial charge on any atom is -1.00 e. The first-order valence-corrected chi connectivity index (χ1v) is 2.80. The van der Waals surface area contributed by atoms with Crippen LogP contribution in [0.2, 0.25) is 0 Å². The predicted octanol–water partition coefficient (Wildman–Crippen LogP) is -9.59. The van der Waals surface area contributed by atoms with Crippen LogP contribution < -0.4 is 29.6 Å². The summed E-state index contributed by atoms with van der Waals surface area (Å²) in [5.74, 6) is 0. The normalized spacial score (nSPS) is 5.19. The summed E-state index contributed by atoms with van der Waals surface area (Å²) in [5.41, 5.74) is 0. The van der Waals surface area contributed by atoms with E-state index < -0.39 is 14.0 Å². The van der Waals surface area contributed by atoms with Crippen molar-refractivity contribution in [3.05, 3.63) is 0 Å². The molecule has 0 saturated heterocycles. The smallest absolute Gasteiger partial charge is 1.00 e. The summed E-state index contributed by atoms with van der Waals surface area (Å²) < 4.78 is 8.55. The standard InChI is InChI=1S/CH2O3.Ba.Ca.Ce.FH.La.H3O4P.H2O.Sr/c2-1(3)4;;;;;;1-5(2,3)4;;/h(H2,2,3,4);;;;1H;;(H3,1,2,3,4);1H2;/q;2*+2;+3;;+3;;;+2/p-7. The summed E-state index contributed by atoms with van der Waals surface area (Å²) >= 11 is 0. The van der Waals surface area contributed by atoms with Gasteiger partial charge in [-0.15, -0.1) is 0 Å². The quantitative estimate of drug-likeness (QED) is 0.174. The number of hydrogen-bond acceptors (Lipinski definition) is 8. The second-order valence-corrected chi connectivity index (χ2v) is 1.59. The Morgan fingerprint density at radius 1 is 1.06 bits per heavy atom. The molecule has 0 atom stereocenters. The molecule has 1 radical (unpaired) electrons. The van der Waals surface area contributed by atoms with E-state index in [4.69, 9.17) is 34.3 Å². The summed E-state index contributed by atoms with van der Waals surface area (Å²) in [6.07, 6.45) is -2.33.